The molecular weight excluding hydrogens is 108 g/mol. The van der Waals surface area contributed by atoms with Crippen LogP contribution in [-0.2, 0) is 0 Å². The standard InChI is InChI=1S/C9H16/c1-8(2)4-3-5-9-6-7-9/h9H,1,3-7H2,2H3. The summed E-state index contributed by atoms with van der Waals surface area (Å²) < 4.78 is 0. The van der Waals surface area contributed by atoms with Crippen LogP contribution in [0.3, 0.4) is 0 Å². The second-order valence-electron chi connectivity index (χ2n) is 3.29. The highest BCUT2D eigenvalue weighted by atomic mass is 14.3. The van der Waals surface area contributed by atoms with E-state index in [2.05, 4.69) is 13.5 Å². The van der Waals surface area contributed by atoms with Gasteiger partial charge in [0.15, 0.2) is 0 Å². The van der Waals surface area contributed by atoms with Crippen molar-refractivity contribution in [3.8, 4) is 0 Å². The Morgan fingerprint density at radius 3 is 2.67 bits per heavy atom. The lowest BCUT2D eigenvalue weighted by Crippen LogP contribution is -1.78. The molecule has 0 aromatic carbocycles. The zero-order valence-corrected chi connectivity index (χ0v) is 6.32. The van der Waals surface area contributed by atoms with E-state index in [4.69, 9.17) is 0 Å². The van der Waals surface area contributed by atoms with Crippen molar-refractivity contribution in [2.24, 2.45) is 5.92 Å². The van der Waals surface area contributed by atoms with Gasteiger partial charge < -0.3 is 0 Å². The molecule has 0 nitrogen and oxygen atoms in total. The smallest absolute Gasteiger partial charge is 0.0326 e. The highest BCUT2D eigenvalue weighted by molar-refractivity contribution is 4.88. The van der Waals surface area contributed by atoms with Crippen LogP contribution in [-0.4, -0.2) is 0 Å². The Balaban J connectivity index is 1.86. The maximum Gasteiger partial charge on any atom is -0.0326 e. The maximum absolute atomic E-state index is 3.87. The minimum absolute atomic E-state index is 1.10. The van der Waals surface area contributed by atoms with Gasteiger partial charge in [0.25, 0.3) is 0 Å². The Morgan fingerprint density at radius 2 is 2.22 bits per heavy atom. The van der Waals surface area contributed by atoms with Crippen LogP contribution in [0.1, 0.15) is 39.0 Å². The van der Waals surface area contributed by atoms with E-state index >= 15 is 0 Å². The van der Waals surface area contributed by atoms with Crippen molar-refractivity contribution < 1.29 is 0 Å². The van der Waals surface area contributed by atoms with Gasteiger partial charge in [-0.25, -0.2) is 0 Å². The van der Waals surface area contributed by atoms with Gasteiger partial charge in [0.05, 0.1) is 0 Å². The molecule has 0 amide bonds. The zero-order valence-electron chi connectivity index (χ0n) is 6.32. The monoisotopic (exact) mass is 124 g/mol. The third-order valence-corrected chi connectivity index (χ3v) is 1.91. The molecule has 9 heavy (non-hydrogen) atoms. The third-order valence-electron chi connectivity index (χ3n) is 1.91. The Labute approximate surface area is 58.0 Å². The summed E-state index contributed by atoms with van der Waals surface area (Å²) in [6, 6.07) is 0. The summed E-state index contributed by atoms with van der Waals surface area (Å²) in [5.74, 6) is 1.10. The van der Waals surface area contributed by atoms with Crippen molar-refractivity contribution in [1.82, 2.24) is 0 Å². The second kappa shape index (κ2) is 3.05. The lowest BCUT2D eigenvalue weighted by molar-refractivity contribution is 0.664. The summed E-state index contributed by atoms with van der Waals surface area (Å²) in [6.45, 7) is 5.99. The fourth-order valence-corrected chi connectivity index (χ4v) is 1.10. The van der Waals surface area contributed by atoms with Crippen LogP contribution in [0.4, 0.5) is 0 Å². The van der Waals surface area contributed by atoms with Crippen molar-refractivity contribution in [2.75, 3.05) is 0 Å². The molecular formula is C9H16. The highest BCUT2D eigenvalue weighted by Crippen LogP contribution is 2.34. The van der Waals surface area contributed by atoms with Gasteiger partial charge in [0.2, 0.25) is 0 Å². The molecule has 1 fully saturated rings. The van der Waals surface area contributed by atoms with Crippen LogP contribution in [0.25, 0.3) is 0 Å². The number of hydrogen-bond acceptors (Lipinski definition) is 0. The molecule has 52 valence electrons. The topological polar surface area (TPSA) is 0 Å². The summed E-state index contributed by atoms with van der Waals surface area (Å²) in [4.78, 5) is 0. The van der Waals surface area contributed by atoms with Gasteiger partial charge in [-0.1, -0.05) is 24.8 Å². The van der Waals surface area contributed by atoms with Gasteiger partial charge in [-0.05, 0) is 25.7 Å². The molecule has 0 atom stereocenters. The minimum atomic E-state index is 1.10. The van der Waals surface area contributed by atoms with E-state index in [9.17, 15) is 0 Å². The fourth-order valence-electron chi connectivity index (χ4n) is 1.10. The molecule has 0 aliphatic heterocycles. The molecule has 1 aliphatic rings. The van der Waals surface area contributed by atoms with Gasteiger partial charge in [0, 0.05) is 0 Å². The molecule has 0 heteroatoms. The first-order valence-electron chi connectivity index (χ1n) is 3.93. The summed E-state index contributed by atoms with van der Waals surface area (Å²) in [6.07, 6.45) is 7.07. The molecule has 0 heterocycles. The lowest BCUT2D eigenvalue weighted by atomic mass is 10.1. The summed E-state index contributed by atoms with van der Waals surface area (Å²) in [5, 5.41) is 0. The number of hydrogen-bond donors (Lipinski definition) is 0. The van der Waals surface area contributed by atoms with Crippen molar-refractivity contribution in [1.29, 1.82) is 0 Å². The summed E-state index contributed by atoms with van der Waals surface area (Å²) >= 11 is 0. The van der Waals surface area contributed by atoms with Crippen LogP contribution in [0, 0.1) is 5.92 Å². The molecule has 0 bridgehead atoms. The van der Waals surface area contributed by atoms with E-state index in [1.165, 1.54) is 37.7 Å². The SMILES string of the molecule is C=C(C)CCCC1CC1. The number of rotatable bonds is 4. The van der Waals surface area contributed by atoms with Crippen LogP contribution in [0.5, 0.6) is 0 Å². The van der Waals surface area contributed by atoms with Gasteiger partial charge >= 0.3 is 0 Å². The first-order chi connectivity index (χ1) is 4.29. The largest absolute Gasteiger partial charge is 0.100 e. The Hall–Kier alpha value is -0.260. The molecule has 1 aliphatic carbocycles. The highest BCUT2D eigenvalue weighted by Gasteiger charge is 2.19. The first-order valence-corrected chi connectivity index (χ1v) is 3.93. The molecule has 0 unspecified atom stereocenters. The molecule has 1 saturated carbocycles. The molecule has 0 spiro atoms. The molecule has 0 saturated heterocycles. The van der Waals surface area contributed by atoms with Crippen LogP contribution >= 0.6 is 0 Å². The normalized spacial score (nSPS) is 17.9. The van der Waals surface area contributed by atoms with E-state index in [0.29, 0.717) is 0 Å². The van der Waals surface area contributed by atoms with Gasteiger partial charge in [-0.2, -0.15) is 0 Å². The molecule has 0 N–H and O–H groups in total. The summed E-state index contributed by atoms with van der Waals surface area (Å²) in [7, 11) is 0. The van der Waals surface area contributed by atoms with Crippen LogP contribution in [0.2, 0.25) is 0 Å². The van der Waals surface area contributed by atoms with E-state index in [1.54, 1.807) is 0 Å². The van der Waals surface area contributed by atoms with Gasteiger partial charge in [-0.15, -0.1) is 6.58 Å². The average molecular weight is 124 g/mol. The Morgan fingerprint density at radius 1 is 1.56 bits per heavy atom. The maximum atomic E-state index is 3.87. The van der Waals surface area contributed by atoms with Crippen molar-refractivity contribution in [3.63, 3.8) is 0 Å². The molecule has 0 aromatic rings. The van der Waals surface area contributed by atoms with E-state index in [1.807, 2.05) is 0 Å². The second-order valence-corrected chi connectivity index (χ2v) is 3.29. The lowest BCUT2D eigenvalue weighted by Gasteiger charge is -1.96. The number of allylic oxidation sites excluding steroid dienone is 1. The van der Waals surface area contributed by atoms with E-state index < -0.39 is 0 Å². The van der Waals surface area contributed by atoms with Gasteiger partial charge in [0.1, 0.15) is 0 Å². The average Bonchev–Trinajstić information content (AvgIpc) is 2.48. The zero-order chi connectivity index (χ0) is 6.69. The van der Waals surface area contributed by atoms with E-state index in [-0.39, 0.29) is 0 Å². The quantitative estimate of drug-likeness (QED) is 0.505. The molecule has 1 rings (SSSR count). The summed E-state index contributed by atoms with van der Waals surface area (Å²) in [5.41, 5.74) is 1.34. The van der Waals surface area contributed by atoms with Crippen LogP contribution in [0.15, 0.2) is 12.2 Å². The van der Waals surface area contributed by atoms with E-state index in [0.717, 1.165) is 5.92 Å². The first kappa shape index (κ1) is 6.85. The fraction of sp³-hybridized carbons (Fsp3) is 0.778. The van der Waals surface area contributed by atoms with Gasteiger partial charge in [-0.3, -0.25) is 0 Å². The Bertz CT molecular complexity index is 98.6. The minimum Gasteiger partial charge on any atom is -0.100 e. The van der Waals surface area contributed by atoms with Crippen molar-refractivity contribution in [3.05, 3.63) is 12.2 Å². The predicted octanol–water partition coefficient (Wildman–Crippen LogP) is 3.14. The Kier molecular flexibility index (Phi) is 2.32. The molecule has 0 radical (unpaired) electrons. The van der Waals surface area contributed by atoms with Crippen LogP contribution < -0.4 is 0 Å². The third kappa shape index (κ3) is 3.34. The van der Waals surface area contributed by atoms with Crippen molar-refractivity contribution >= 4 is 0 Å². The molecule has 0 aromatic heterocycles. The predicted molar refractivity (Wildman–Crippen MR) is 41.4 cm³/mol. The van der Waals surface area contributed by atoms with Crippen molar-refractivity contribution in [2.45, 2.75) is 39.0 Å².